The molecular formula is C19H17ClO4. The largest absolute Gasteiger partial charge is 0.467 e. The number of methoxy groups -OCH3 is 1. The number of rotatable bonds is 6. The second-order valence-electron chi connectivity index (χ2n) is 5.24. The van der Waals surface area contributed by atoms with Crippen molar-refractivity contribution >= 4 is 29.4 Å². The van der Waals surface area contributed by atoms with Crippen LogP contribution >= 0.6 is 11.6 Å². The van der Waals surface area contributed by atoms with Gasteiger partial charge in [-0.25, -0.2) is 4.79 Å². The first-order valence-electron chi connectivity index (χ1n) is 7.29. The van der Waals surface area contributed by atoms with Crippen LogP contribution in [0, 0.1) is 0 Å². The zero-order valence-electron chi connectivity index (χ0n) is 13.1. The van der Waals surface area contributed by atoms with Crippen LogP contribution < -0.4 is 0 Å². The SMILES string of the molecule is COC(=O)[C@](O)(/C=C/c1ccccc1Cl)CC(=O)c1ccccc1. The normalized spacial score (nSPS) is 13.5. The fourth-order valence-corrected chi connectivity index (χ4v) is 2.38. The maximum Gasteiger partial charge on any atom is 0.342 e. The average molecular weight is 345 g/mol. The number of benzene rings is 2. The molecule has 1 atom stereocenters. The zero-order valence-corrected chi connectivity index (χ0v) is 13.9. The highest BCUT2D eigenvalue weighted by molar-refractivity contribution is 6.32. The smallest absolute Gasteiger partial charge is 0.342 e. The van der Waals surface area contributed by atoms with Gasteiger partial charge >= 0.3 is 5.97 Å². The highest BCUT2D eigenvalue weighted by Gasteiger charge is 2.37. The first-order valence-corrected chi connectivity index (χ1v) is 7.67. The molecule has 0 aliphatic rings. The summed E-state index contributed by atoms with van der Waals surface area (Å²) in [4.78, 5) is 24.3. The summed E-state index contributed by atoms with van der Waals surface area (Å²) < 4.78 is 4.65. The molecule has 0 amide bonds. The van der Waals surface area contributed by atoms with Gasteiger partial charge in [0.1, 0.15) is 0 Å². The summed E-state index contributed by atoms with van der Waals surface area (Å²) in [7, 11) is 1.16. The molecule has 0 saturated carbocycles. The van der Waals surface area contributed by atoms with Crippen LogP contribution in [0.1, 0.15) is 22.3 Å². The van der Waals surface area contributed by atoms with E-state index < -0.39 is 18.0 Å². The van der Waals surface area contributed by atoms with E-state index in [1.54, 1.807) is 54.6 Å². The van der Waals surface area contributed by atoms with E-state index in [-0.39, 0.29) is 5.78 Å². The summed E-state index contributed by atoms with van der Waals surface area (Å²) in [5.74, 6) is -1.28. The number of carbonyl (C=O) groups is 2. The fraction of sp³-hybridized carbons (Fsp3) is 0.158. The third kappa shape index (κ3) is 4.31. The van der Waals surface area contributed by atoms with Gasteiger partial charge in [0.25, 0.3) is 0 Å². The molecule has 124 valence electrons. The first-order chi connectivity index (χ1) is 11.5. The maximum absolute atomic E-state index is 12.3. The lowest BCUT2D eigenvalue weighted by Gasteiger charge is -2.21. The average Bonchev–Trinajstić information content (AvgIpc) is 2.61. The third-order valence-electron chi connectivity index (χ3n) is 3.51. The number of ketones is 1. The Kier molecular flexibility index (Phi) is 5.90. The Hall–Kier alpha value is -2.43. The predicted molar refractivity (Wildman–Crippen MR) is 92.8 cm³/mol. The van der Waals surface area contributed by atoms with Crippen LogP contribution in [-0.4, -0.2) is 29.6 Å². The number of hydrogen-bond acceptors (Lipinski definition) is 4. The highest BCUT2D eigenvalue weighted by atomic mass is 35.5. The number of esters is 1. The van der Waals surface area contributed by atoms with Crippen molar-refractivity contribution in [3.63, 3.8) is 0 Å². The van der Waals surface area contributed by atoms with E-state index in [1.165, 1.54) is 12.2 Å². The van der Waals surface area contributed by atoms with Gasteiger partial charge in [-0.15, -0.1) is 0 Å². The zero-order chi connectivity index (χ0) is 17.6. The Morgan fingerprint density at radius 2 is 1.75 bits per heavy atom. The standard InChI is InChI=1S/C19H17ClO4/c1-24-18(22)19(23,12-11-14-7-5-6-10-16(14)20)13-17(21)15-8-3-2-4-9-15/h2-12,23H,13H2,1H3/b12-11+/t19-/m0/s1. The van der Waals surface area contributed by atoms with Crippen LogP contribution in [0.2, 0.25) is 5.02 Å². The van der Waals surface area contributed by atoms with Crippen molar-refractivity contribution in [3.05, 3.63) is 76.8 Å². The summed E-state index contributed by atoms with van der Waals surface area (Å²) in [6, 6.07) is 15.4. The number of ether oxygens (including phenoxy) is 1. The highest BCUT2D eigenvalue weighted by Crippen LogP contribution is 2.22. The Morgan fingerprint density at radius 3 is 2.38 bits per heavy atom. The number of Topliss-reactive ketones (excluding diaryl/α,β-unsaturated/α-hetero) is 1. The molecule has 5 heteroatoms. The van der Waals surface area contributed by atoms with Gasteiger partial charge in [0.2, 0.25) is 0 Å². The summed E-state index contributed by atoms with van der Waals surface area (Å²) in [6.45, 7) is 0. The van der Waals surface area contributed by atoms with E-state index in [1.807, 2.05) is 0 Å². The minimum Gasteiger partial charge on any atom is -0.467 e. The summed E-state index contributed by atoms with van der Waals surface area (Å²) in [5, 5.41) is 11.1. The molecule has 0 aromatic heterocycles. The van der Waals surface area contributed by atoms with Crippen LogP contribution in [0.15, 0.2) is 60.7 Å². The molecule has 0 heterocycles. The molecule has 0 spiro atoms. The molecule has 0 saturated heterocycles. The van der Waals surface area contributed by atoms with E-state index in [0.29, 0.717) is 16.1 Å². The topological polar surface area (TPSA) is 63.6 Å². The molecule has 0 aliphatic heterocycles. The van der Waals surface area contributed by atoms with Gasteiger partial charge < -0.3 is 9.84 Å². The van der Waals surface area contributed by atoms with Crippen molar-refractivity contribution in [1.29, 1.82) is 0 Å². The van der Waals surface area contributed by atoms with Crippen molar-refractivity contribution < 1.29 is 19.4 Å². The van der Waals surface area contributed by atoms with E-state index in [9.17, 15) is 14.7 Å². The van der Waals surface area contributed by atoms with Crippen molar-refractivity contribution in [3.8, 4) is 0 Å². The molecule has 0 aliphatic carbocycles. The molecular weight excluding hydrogens is 328 g/mol. The molecule has 0 fully saturated rings. The molecule has 2 aromatic carbocycles. The summed E-state index contributed by atoms with van der Waals surface area (Å²) in [5.41, 5.74) is -1.04. The van der Waals surface area contributed by atoms with Gasteiger partial charge in [-0.05, 0) is 17.7 Å². The Bertz CT molecular complexity index is 755. The quantitative estimate of drug-likeness (QED) is 0.643. The third-order valence-corrected chi connectivity index (χ3v) is 3.85. The lowest BCUT2D eigenvalue weighted by molar-refractivity contribution is -0.156. The van der Waals surface area contributed by atoms with Crippen LogP contribution in [-0.2, 0) is 9.53 Å². The van der Waals surface area contributed by atoms with E-state index >= 15 is 0 Å². The minimum absolute atomic E-state index is 0.368. The molecule has 2 rings (SSSR count). The second kappa shape index (κ2) is 7.90. The van der Waals surface area contributed by atoms with Gasteiger partial charge in [-0.1, -0.05) is 66.2 Å². The number of hydrogen-bond donors (Lipinski definition) is 1. The minimum atomic E-state index is -2.07. The maximum atomic E-state index is 12.3. The van der Waals surface area contributed by atoms with Crippen LogP contribution in [0.4, 0.5) is 0 Å². The van der Waals surface area contributed by atoms with Crippen molar-refractivity contribution in [2.75, 3.05) is 7.11 Å². The van der Waals surface area contributed by atoms with Gasteiger partial charge in [0, 0.05) is 10.6 Å². The monoisotopic (exact) mass is 344 g/mol. The van der Waals surface area contributed by atoms with E-state index in [4.69, 9.17) is 11.6 Å². The molecule has 24 heavy (non-hydrogen) atoms. The van der Waals surface area contributed by atoms with Gasteiger partial charge in [0.05, 0.1) is 13.5 Å². The molecule has 4 nitrogen and oxygen atoms in total. The van der Waals surface area contributed by atoms with Crippen LogP contribution in [0.3, 0.4) is 0 Å². The molecule has 0 unspecified atom stereocenters. The number of aliphatic hydroxyl groups is 1. The van der Waals surface area contributed by atoms with Gasteiger partial charge in [0.15, 0.2) is 11.4 Å². The number of halogens is 1. The lowest BCUT2D eigenvalue weighted by atomic mass is 9.92. The predicted octanol–water partition coefficient (Wildman–Crippen LogP) is 3.53. The van der Waals surface area contributed by atoms with E-state index in [2.05, 4.69) is 4.74 Å². The van der Waals surface area contributed by atoms with Crippen molar-refractivity contribution in [2.24, 2.45) is 0 Å². The van der Waals surface area contributed by atoms with Crippen LogP contribution in [0.5, 0.6) is 0 Å². The van der Waals surface area contributed by atoms with E-state index in [0.717, 1.165) is 7.11 Å². The molecule has 2 aromatic rings. The Morgan fingerprint density at radius 1 is 1.12 bits per heavy atom. The second-order valence-corrected chi connectivity index (χ2v) is 5.64. The van der Waals surface area contributed by atoms with Crippen molar-refractivity contribution in [2.45, 2.75) is 12.0 Å². The Balaban J connectivity index is 2.28. The summed E-state index contributed by atoms with van der Waals surface area (Å²) >= 11 is 6.05. The lowest BCUT2D eigenvalue weighted by Crippen LogP contribution is -2.39. The first kappa shape index (κ1) is 17.9. The molecule has 0 radical (unpaired) electrons. The molecule has 1 N–H and O–H groups in total. The van der Waals surface area contributed by atoms with Crippen molar-refractivity contribution in [1.82, 2.24) is 0 Å². The molecule has 0 bridgehead atoms. The Labute approximate surface area is 145 Å². The summed E-state index contributed by atoms with van der Waals surface area (Å²) in [6.07, 6.45) is 2.31. The fourth-order valence-electron chi connectivity index (χ4n) is 2.18. The van der Waals surface area contributed by atoms with Crippen LogP contribution in [0.25, 0.3) is 6.08 Å². The van der Waals surface area contributed by atoms with Gasteiger partial charge in [-0.2, -0.15) is 0 Å². The number of carbonyl (C=O) groups excluding carboxylic acids is 2. The van der Waals surface area contributed by atoms with Gasteiger partial charge in [-0.3, -0.25) is 4.79 Å².